The number of halogens is 2. The Morgan fingerprint density at radius 2 is 1.86 bits per heavy atom. The molecule has 4 nitrogen and oxygen atoms in total. The highest BCUT2D eigenvalue weighted by Gasteiger charge is 2.41. The lowest BCUT2D eigenvalue weighted by atomic mass is 9.69. The largest absolute Gasteiger partial charge is 0.370 e. The van der Waals surface area contributed by atoms with Crippen molar-refractivity contribution in [3.8, 4) is 0 Å². The summed E-state index contributed by atoms with van der Waals surface area (Å²) in [5.41, 5.74) is 6.84. The first kappa shape index (κ1) is 20.5. The van der Waals surface area contributed by atoms with Gasteiger partial charge in [0.25, 0.3) is 0 Å². The molecule has 2 amide bonds. The molecule has 0 saturated carbocycles. The fourth-order valence-corrected chi connectivity index (χ4v) is 4.30. The number of amides is 2. The van der Waals surface area contributed by atoms with Gasteiger partial charge in [0.2, 0.25) is 11.8 Å². The van der Waals surface area contributed by atoms with E-state index in [-0.39, 0.29) is 36.5 Å². The number of rotatable bonds is 6. The molecule has 2 aromatic rings. The molecule has 28 heavy (non-hydrogen) atoms. The van der Waals surface area contributed by atoms with E-state index in [1.807, 2.05) is 36.1 Å². The number of carbonyl (C=O) groups is 2. The van der Waals surface area contributed by atoms with Gasteiger partial charge < -0.3 is 10.6 Å². The van der Waals surface area contributed by atoms with Crippen molar-refractivity contribution in [2.75, 3.05) is 6.54 Å². The first-order valence-corrected chi connectivity index (χ1v) is 10.2. The summed E-state index contributed by atoms with van der Waals surface area (Å²) in [5, 5.41) is 0. The lowest BCUT2D eigenvalue weighted by Gasteiger charge is -2.44. The molecule has 0 spiro atoms. The molecule has 0 radical (unpaired) electrons. The fraction of sp³-hybridized carbons (Fsp3) is 0.364. The Kier molecular flexibility index (Phi) is 6.18. The van der Waals surface area contributed by atoms with Gasteiger partial charge in [0, 0.05) is 29.3 Å². The van der Waals surface area contributed by atoms with Crippen LogP contribution in [0.1, 0.15) is 49.8 Å². The molecule has 1 heterocycles. The number of nitrogens with two attached hydrogens (primary N) is 1. The van der Waals surface area contributed by atoms with Crippen LogP contribution in [0.15, 0.2) is 53.0 Å². The van der Waals surface area contributed by atoms with Crippen molar-refractivity contribution in [1.82, 2.24) is 4.90 Å². The average Bonchev–Trinajstić information content (AvgIpc) is 2.67. The first-order valence-electron chi connectivity index (χ1n) is 9.40. The van der Waals surface area contributed by atoms with E-state index < -0.39 is 5.41 Å². The van der Waals surface area contributed by atoms with Crippen LogP contribution in [0.2, 0.25) is 0 Å². The van der Waals surface area contributed by atoms with E-state index >= 15 is 0 Å². The zero-order valence-electron chi connectivity index (χ0n) is 15.8. The summed E-state index contributed by atoms with van der Waals surface area (Å²) in [4.78, 5) is 26.4. The van der Waals surface area contributed by atoms with Gasteiger partial charge in [-0.15, -0.1) is 0 Å². The zero-order valence-corrected chi connectivity index (χ0v) is 17.4. The number of likely N-dealkylation sites (tertiary alicyclic amines) is 1. The van der Waals surface area contributed by atoms with Crippen molar-refractivity contribution < 1.29 is 14.0 Å². The highest BCUT2D eigenvalue weighted by Crippen LogP contribution is 2.42. The number of benzene rings is 2. The number of piperidine rings is 1. The van der Waals surface area contributed by atoms with Gasteiger partial charge in [-0.25, -0.2) is 4.39 Å². The highest BCUT2D eigenvalue weighted by atomic mass is 79.9. The van der Waals surface area contributed by atoms with Crippen LogP contribution < -0.4 is 5.73 Å². The second kappa shape index (κ2) is 8.43. The van der Waals surface area contributed by atoms with Crippen LogP contribution >= 0.6 is 15.9 Å². The molecular formula is C22H24BrFN2O2. The lowest BCUT2D eigenvalue weighted by Crippen LogP contribution is -2.47. The fourth-order valence-electron chi connectivity index (χ4n) is 4.04. The maximum atomic E-state index is 13.4. The first-order chi connectivity index (χ1) is 13.3. The molecule has 1 unspecified atom stereocenters. The third kappa shape index (κ3) is 4.43. The SMILES string of the molecule is C[C@@H](c1ccc(Br)cc1)N1CCC(CCC(N)=O)(c2ccc(F)cc2)CC1=O. The summed E-state index contributed by atoms with van der Waals surface area (Å²) in [6, 6.07) is 14.2. The van der Waals surface area contributed by atoms with Crippen molar-refractivity contribution >= 4 is 27.7 Å². The maximum absolute atomic E-state index is 13.4. The molecule has 0 aliphatic carbocycles. The van der Waals surface area contributed by atoms with Crippen molar-refractivity contribution in [1.29, 1.82) is 0 Å². The number of hydrogen-bond acceptors (Lipinski definition) is 2. The van der Waals surface area contributed by atoms with Crippen LogP contribution in [0.5, 0.6) is 0 Å². The van der Waals surface area contributed by atoms with E-state index in [0.29, 0.717) is 19.4 Å². The Hall–Kier alpha value is -2.21. The van der Waals surface area contributed by atoms with E-state index in [1.54, 1.807) is 12.1 Å². The molecule has 2 N–H and O–H groups in total. The summed E-state index contributed by atoms with van der Waals surface area (Å²) in [7, 11) is 0. The third-order valence-corrected chi connectivity index (χ3v) is 6.30. The Morgan fingerprint density at radius 3 is 2.43 bits per heavy atom. The van der Waals surface area contributed by atoms with Gasteiger partial charge in [0.05, 0.1) is 6.04 Å². The summed E-state index contributed by atoms with van der Waals surface area (Å²) >= 11 is 3.43. The molecule has 6 heteroatoms. The number of nitrogens with zero attached hydrogens (tertiary/aromatic N) is 1. The minimum Gasteiger partial charge on any atom is -0.370 e. The van der Waals surface area contributed by atoms with Crippen LogP contribution in [0.4, 0.5) is 4.39 Å². The smallest absolute Gasteiger partial charge is 0.223 e. The van der Waals surface area contributed by atoms with Gasteiger partial charge in [0.15, 0.2) is 0 Å². The van der Waals surface area contributed by atoms with Crippen LogP contribution in [0.3, 0.4) is 0 Å². The molecule has 3 rings (SSSR count). The predicted octanol–water partition coefficient (Wildman–Crippen LogP) is 4.48. The Morgan fingerprint density at radius 1 is 1.21 bits per heavy atom. The lowest BCUT2D eigenvalue weighted by molar-refractivity contribution is -0.139. The molecule has 0 bridgehead atoms. The van der Waals surface area contributed by atoms with Gasteiger partial charge in [0.1, 0.15) is 5.82 Å². The van der Waals surface area contributed by atoms with Crippen LogP contribution in [-0.4, -0.2) is 23.3 Å². The van der Waals surface area contributed by atoms with Gasteiger partial charge in [-0.05, 0) is 55.2 Å². The average molecular weight is 447 g/mol. The van der Waals surface area contributed by atoms with E-state index in [9.17, 15) is 14.0 Å². The zero-order chi connectivity index (χ0) is 20.3. The minimum atomic E-state index is -0.490. The topological polar surface area (TPSA) is 63.4 Å². The summed E-state index contributed by atoms with van der Waals surface area (Å²) in [6.45, 7) is 2.60. The van der Waals surface area contributed by atoms with Crippen LogP contribution in [-0.2, 0) is 15.0 Å². The van der Waals surface area contributed by atoms with Crippen molar-refractivity contribution in [2.45, 2.75) is 44.1 Å². The normalized spacial score (nSPS) is 20.8. The maximum Gasteiger partial charge on any atom is 0.223 e. The van der Waals surface area contributed by atoms with Crippen molar-refractivity contribution in [2.24, 2.45) is 5.73 Å². The van der Waals surface area contributed by atoms with Gasteiger partial charge >= 0.3 is 0 Å². The third-order valence-electron chi connectivity index (χ3n) is 5.77. The molecule has 1 aliphatic heterocycles. The summed E-state index contributed by atoms with van der Waals surface area (Å²) in [5.74, 6) is -0.670. The van der Waals surface area contributed by atoms with Gasteiger partial charge in [-0.3, -0.25) is 9.59 Å². The second-order valence-electron chi connectivity index (χ2n) is 7.49. The van der Waals surface area contributed by atoms with E-state index in [1.165, 1.54) is 12.1 Å². The molecule has 1 fully saturated rings. The Labute approximate surface area is 173 Å². The van der Waals surface area contributed by atoms with Crippen LogP contribution in [0.25, 0.3) is 0 Å². The number of carbonyl (C=O) groups excluding carboxylic acids is 2. The van der Waals surface area contributed by atoms with Crippen molar-refractivity contribution in [3.05, 3.63) is 69.9 Å². The molecule has 2 aromatic carbocycles. The molecule has 2 atom stereocenters. The molecule has 1 saturated heterocycles. The van der Waals surface area contributed by atoms with Gasteiger partial charge in [-0.2, -0.15) is 0 Å². The number of hydrogen-bond donors (Lipinski definition) is 1. The Bertz CT molecular complexity index is 854. The van der Waals surface area contributed by atoms with Crippen LogP contribution in [0, 0.1) is 5.82 Å². The summed E-state index contributed by atoms with van der Waals surface area (Å²) < 4.78 is 14.4. The Balaban J connectivity index is 1.83. The standard InChI is InChI=1S/C22H24BrFN2O2/c1-15(16-2-6-18(23)7-3-16)26-13-12-22(14-21(26)28,11-10-20(25)27)17-4-8-19(24)9-5-17/h2-9,15H,10-14H2,1H3,(H2,25,27)/t15-,22?/m0/s1. The summed E-state index contributed by atoms with van der Waals surface area (Å²) in [6.07, 6.45) is 1.68. The van der Waals surface area contributed by atoms with E-state index in [2.05, 4.69) is 15.9 Å². The van der Waals surface area contributed by atoms with E-state index in [0.717, 1.165) is 15.6 Å². The highest BCUT2D eigenvalue weighted by molar-refractivity contribution is 9.10. The quantitative estimate of drug-likeness (QED) is 0.710. The molecule has 1 aliphatic rings. The monoisotopic (exact) mass is 446 g/mol. The van der Waals surface area contributed by atoms with E-state index in [4.69, 9.17) is 5.73 Å². The molecular weight excluding hydrogens is 423 g/mol. The number of primary amides is 1. The predicted molar refractivity (Wildman–Crippen MR) is 110 cm³/mol. The minimum absolute atomic E-state index is 0.0375. The van der Waals surface area contributed by atoms with Gasteiger partial charge in [-0.1, -0.05) is 40.2 Å². The van der Waals surface area contributed by atoms with Crippen molar-refractivity contribution in [3.63, 3.8) is 0 Å². The molecule has 0 aromatic heterocycles. The molecule has 148 valence electrons. The second-order valence-corrected chi connectivity index (χ2v) is 8.41.